The Labute approximate surface area is 101 Å². The van der Waals surface area contributed by atoms with Crippen LogP contribution in [0.1, 0.15) is 36.7 Å². The largest absolute Gasteiger partial charge is 0.476 e. The minimum Gasteiger partial charge on any atom is -0.476 e. The van der Waals surface area contributed by atoms with Crippen LogP contribution in [0.15, 0.2) is 18.3 Å². The third kappa shape index (κ3) is 2.57. The average molecular weight is 234 g/mol. The highest BCUT2D eigenvalue weighted by molar-refractivity contribution is 5.92. The molecule has 1 aromatic rings. The van der Waals surface area contributed by atoms with Crippen LogP contribution in [-0.2, 0) is 0 Å². The highest BCUT2D eigenvalue weighted by atomic mass is 16.4. The molecule has 17 heavy (non-hydrogen) atoms. The molecule has 4 nitrogen and oxygen atoms in total. The van der Waals surface area contributed by atoms with Crippen LogP contribution in [0.4, 0.5) is 5.69 Å². The van der Waals surface area contributed by atoms with Crippen molar-refractivity contribution in [1.29, 1.82) is 0 Å². The zero-order chi connectivity index (χ0) is 12.3. The number of carboxylic acids is 1. The molecule has 0 aromatic carbocycles. The fourth-order valence-electron chi connectivity index (χ4n) is 2.20. The van der Waals surface area contributed by atoms with Gasteiger partial charge in [-0.25, -0.2) is 9.78 Å². The van der Waals surface area contributed by atoms with E-state index in [1.54, 1.807) is 6.07 Å². The molecule has 0 amide bonds. The zero-order valence-electron chi connectivity index (χ0n) is 10.1. The van der Waals surface area contributed by atoms with Crippen LogP contribution in [0, 0.1) is 5.92 Å². The summed E-state index contributed by atoms with van der Waals surface area (Å²) in [4.78, 5) is 17.2. The molecule has 1 aliphatic rings. The summed E-state index contributed by atoms with van der Waals surface area (Å²) in [5.41, 5.74) is 0.906. The third-order valence-corrected chi connectivity index (χ3v) is 3.41. The van der Waals surface area contributed by atoms with Gasteiger partial charge in [0.05, 0.1) is 5.69 Å². The summed E-state index contributed by atoms with van der Waals surface area (Å²) < 4.78 is 0. The van der Waals surface area contributed by atoms with Crippen molar-refractivity contribution in [2.45, 2.75) is 26.2 Å². The lowest BCUT2D eigenvalue weighted by Crippen LogP contribution is -2.33. The monoisotopic (exact) mass is 234 g/mol. The van der Waals surface area contributed by atoms with Crippen molar-refractivity contribution in [3.63, 3.8) is 0 Å². The van der Waals surface area contributed by atoms with Crippen molar-refractivity contribution in [3.8, 4) is 0 Å². The van der Waals surface area contributed by atoms with E-state index in [4.69, 9.17) is 5.11 Å². The number of carboxylic acid groups (broad SMARTS) is 1. The molecule has 0 unspecified atom stereocenters. The Hall–Kier alpha value is -1.58. The van der Waals surface area contributed by atoms with E-state index in [0.717, 1.165) is 24.7 Å². The first-order valence-electron chi connectivity index (χ1n) is 6.15. The predicted molar refractivity (Wildman–Crippen MR) is 66.4 cm³/mol. The van der Waals surface area contributed by atoms with Gasteiger partial charge in [-0.15, -0.1) is 0 Å². The van der Waals surface area contributed by atoms with Crippen LogP contribution in [-0.4, -0.2) is 29.1 Å². The average Bonchev–Trinajstić information content (AvgIpc) is 2.28. The molecule has 0 bridgehead atoms. The number of anilines is 1. The number of aromatic carboxylic acids is 1. The van der Waals surface area contributed by atoms with E-state index < -0.39 is 5.97 Å². The Balaban J connectivity index is 2.19. The molecule has 92 valence electrons. The highest BCUT2D eigenvalue weighted by Crippen LogP contribution is 2.29. The van der Waals surface area contributed by atoms with E-state index in [0.29, 0.717) is 0 Å². The van der Waals surface area contributed by atoms with Gasteiger partial charge < -0.3 is 10.0 Å². The van der Waals surface area contributed by atoms with Gasteiger partial charge in [0.2, 0.25) is 0 Å². The van der Waals surface area contributed by atoms with Gasteiger partial charge in [-0.05, 0) is 37.8 Å². The minimum atomic E-state index is -0.951. The molecule has 1 heterocycles. The molecule has 0 atom stereocenters. The quantitative estimate of drug-likeness (QED) is 0.850. The summed E-state index contributed by atoms with van der Waals surface area (Å²) >= 11 is 0. The molecule has 1 aliphatic carbocycles. The van der Waals surface area contributed by atoms with Crippen LogP contribution in [0.2, 0.25) is 0 Å². The van der Waals surface area contributed by atoms with Crippen molar-refractivity contribution in [2.24, 2.45) is 5.92 Å². The number of carbonyl (C=O) groups is 1. The zero-order valence-corrected chi connectivity index (χ0v) is 10.1. The molecule has 4 heteroatoms. The number of hydrogen-bond acceptors (Lipinski definition) is 3. The number of rotatable bonds is 5. The molecule has 1 aromatic heterocycles. The maximum atomic E-state index is 11.1. The Kier molecular flexibility index (Phi) is 3.61. The first-order valence-corrected chi connectivity index (χ1v) is 6.15. The van der Waals surface area contributed by atoms with E-state index in [9.17, 15) is 4.79 Å². The minimum absolute atomic E-state index is 0.161. The fourth-order valence-corrected chi connectivity index (χ4v) is 2.20. The van der Waals surface area contributed by atoms with Crippen molar-refractivity contribution in [3.05, 3.63) is 24.0 Å². The molecule has 2 rings (SSSR count). The lowest BCUT2D eigenvalue weighted by Gasteiger charge is -2.33. The van der Waals surface area contributed by atoms with E-state index in [-0.39, 0.29) is 5.69 Å². The normalized spacial score (nSPS) is 15.4. The summed E-state index contributed by atoms with van der Waals surface area (Å²) in [6.07, 6.45) is 5.36. The van der Waals surface area contributed by atoms with Gasteiger partial charge in [-0.3, -0.25) is 0 Å². The smallest absolute Gasteiger partial charge is 0.356 e. The van der Waals surface area contributed by atoms with Gasteiger partial charge in [0.1, 0.15) is 0 Å². The summed E-state index contributed by atoms with van der Waals surface area (Å²) in [6, 6.07) is 3.64. The van der Waals surface area contributed by atoms with E-state index >= 15 is 0 Å². The standard InChI is InChI=1S/C13H18N2O2/c1-2-15(9-10-5-3-6-10)11-7-4-8-14-12(11)13(16)17/h4,7-8,10H,2-3,5-6,9H2,1H3,(H,16,17). The van der Waals surface area contributed by atoms with E-state index in [2.05, 4.69) is 16.8 Å². The Morgan fingerprint density at radius 3 is 2.88 bits per heavy atom. The number of aromatic nitrogens is 1. The molecule has 0 radical (unpaired) electrons. The van der Waals surface area contributed by atoms with Gasteiger partial charge in [-0.2, -0.15) is 0 Å². The lowest BCUT2D eigenvalue weighted by atomic mass is 9.85. The number of pyridine rings is 1. The second-order valence-electron chi connectivity index (χ2n) is 4.51. The summed E-state index contributed by atoms with van der Waals surface area (Å²) in [6.45, 7) is 3.82. The van der Waals surface area contributed by atoms with Crippen LogP contribution >= 0.6 is 0 Å². The third-order valence-electron chi connectivity index (χ3n) is 3.41. The molecule has 1 fully saturated rings. The first-order chi connectivity index (χ1) is 8.22. The van der Waals surface area contributed by atoms with Crippen LogP contribution in [0.25, 0.3) is 0 Å². The first kappa shape index (κ1) is 11.9. The van der Waals surface area contributed by atoms with Gasteiger partial charge in [0, 0.05) is 19.3 Å². The van der Waals surface area contributed by atoms with E-state index in [1.807, 2.05) is 6.07 Å². The van der Waals surface area contributed by atoms with Crippen LogP contribution < -0.4 is 4.90 Å². The fraction of sp³-hybridized carbons (Fsp3) is 0.538. The molecular formula is C13H18N2O2. The van der Waals surface area contributed by atoms with Gasteiger partial charge in [-0.1, -0.05) is 6.42 Å². The van der Waals surface area contributed by atoms with Crippen LogP contribution in [0.3, 0.4) is 0 Å². The van der Waals surface area contributed by atoms with Gasteiger partial charge in [0.25, 0.3) is 0 Å². The molecular weight excluding hydrogens is 216 g/mol. The second kappa shape index (κ2) is 5.17. The second-order valence-corrected chi connectivity index (χ2v) is 4.51. The maximum Gasteiger partial charge on any atom is 0.356 e. The summed E-state index contributed by atoms with van der Waals surface area (Å²) in [5.74, 6) is -0.232. The summed E-state index contributed by atoms with van der Waals surface area (Å²) in [7, 11) is 0. The molecule has 1 N–H and O–H groups in total. The molecule has 0 saturated heterocycles. The van der Waals surface area contributed by atoms with Crippen molar-refractivity contribution >= 4 is 11.7 Å². The number of hydrogen-bond donors (Lipinski definition) is 1. The summed E-state index contributed by atoms with van der Waals surface area (Å²) in [5, 5.41) is 9.13. The Bertz CT molecular complexity index is 402. The Morgan fingerprint density at radius 1 is 1.59 bits per heavy atom. The molecule has 0 aliphatic heterocycles. The maximum absolute atomic E-state index is 11.1. The topological polar surface area (TPSA) is 53.4 Å². The van der Waals surface area contributed by atoms with Crippen molar-refractivity contribution in [2.75, 3.05) is 18.0 Å². The highest BCUT2D eigenvalue weighted by Gasteiger charge is 2.23. The van der Waals surface area contributed by atoms with E-state index in [1.165, 1.54) is 25.5 Å². The lowest BCUT2D eigenvalue weighted by molar-refractivity contribution is 0.0691. The number of nitrogens with zero attached hydrogens (tertiary/aromatic N) is 2. The Morgan fingerprint density at radius 2 is 2.35 bits per heavy atom. The van der Waals surface area contributed by atoms with Gasteiger partial charge >= 0.3 is 5.97 Å². The SMILES string of the molecule is CCN(CC1CCC1)c1cccnc1C(=O)O. The predicted octanol–water partition coefficient (Wildman–Crippen LogP) is 2.41. The van der Waals surface area contributed by atoms with Crippen molar-refractivity contribution in [1.82, 2.24) is 4.98 Å². The molecule has 0 spiro atoms. The van der Waals surface area contributed by atoms with Crippen molar-refractivity contribution < 1.29 is 9.90 Å². The van der Waals surface area contributed by atoms with Gasteiger partial charge in [0.15, 0.2) is 5.69 Å². The molecule has 1 saturated carbocycles. The van der Waals surface area contributed by atoms with Crippen LogP contribution in [0.5, 0.6) is 0 Å².